The van der Waals surface area contributed by atoms with Gasteiger partial charge in [-0.15, -0.1) is 0 Å². The average Bonchev–Trinajstić information content (AvgIpc) is 2.73. The van der Waals surface area contributed by atoms with E-state index < -0.39 is 11.7 Å². The van der Waals surface area contributed by atoms with Gasteiger partial charge in [-0.1, -0.05) is 6.07 Å². The van der Waals surface area contributed by atoms with Gasteiger partial charge in [0.2, 0.25) is 5.78 Å². The highest BCUT2D eigenvalue weighted by Gasteiger charge is 2.31. The Bertz CT molecular complexity index is 629. The molecular weight excluding hydrogens is 257 g/mol. The van der Waals surface area contributed by atoms with Gasteiger partial charge in [0.05, 0.1) is 5.56 Å². The Hall–Kier alpha value is -2.11. The standard InChI is InChI=1S/C13H11F3N2O/c1-8-7-9(13(14,15)16)3-4-10(8)12(19)11-5-6-17-18(11)2/h3-7H,1-2H3. The van der Waals surface area contributed by atoms with E-state index in [1.807, 2.05) is 0 Å². The third-order valence-corrected chi connectivity index (χ3v) is 2.85. The molecule has 1 heterocycles. The second kappa shape index (κ2) is 4.53. The quantitative estimate of drug-likeness (QED) is 0.785. The highest BCUT2D eigenvalue weighted by molar-refractivity contribution is 6.08. The summed E-state index contributed by atoms with van der Waals surface area (Å²) in [5, 5.41) is 3.87. The number of aryl methyl sites for hydroxylation is 2. The van der Waals surface area contributed by atoms with Crippen LogP contribution in [0.4, 0.5) is 13.2 Å². The first-order valence-corrected chi connectivity index (χ1v) is 5.51. The Morgan fingerprint density at radius 1 is 1.26 bits per heavy atom. The van der Waals surface area contributed by atoms with Gasteiger partial charge in [-0.2, -0.15) is 18.3 Å². The van der Waals surface area contributed by atoms with E-state index in [-0.39, 0.29) is 11.3 Å². The van der Waals surface area contributed by atoms with Crippen molar-refractivity contribution in [2.24, 2.45) is 7.05 Å². The van der Waals surface area contributed by atoms with Gasteiger partial charge in [0, 0.05) is 18.8 Å². The molecule has 0 radical (unpaired) electrons. The van der Waals surface area contributed by atoms with Crippen molar-refractivity contribution in [1.82, 2.24) is 9.78 Å². The van der Waals surface area contributed by atoms with Crippen LogP contribution in [0.3, 0.4) is 0 Å². The van der Waals surface area contributed by atoms with Crippen LogP contribution in [0.2, 0.25) is 0 Å². The number of hydrogen-bond donors (Lipinski definition) is 0. The number of carbonyl (C=O) groups is 1. The van der Waals surface area contributed by atoms with Gasteiger partial charge in [-0.05, 0) is 30.7 Å². The fourth-order valence-electron chi connectivity index (χ4n) is 1.83. The zero-order valence-corrected chi connectivity index (χ0v) is 10.3. The summed E-state index contributed by atoms with van der Waals surface area (Å²) >= 11 is 0. The molecule has 0 aliphatic rings. The smallest absolute Gasteiger partial charge is 0.287 e. The maximum absolute atomic E-state index is 12.5. The molecule has 0 aliphatic heterocycles. The highest BCUT2D eigenvalue weighted by atomic mass is 19.4. The van der Waals surface area contributed by atoms with E-state index in [2.05, 4.69) is 5.10 Å². The first kappa shape index (κ1) is 13.3. The van der Waals surface area contributed by atoms with Crippen molar-refractivity contribution in [3.63, 3.8) is 0 Å². The molecule has 0 saturated heterocycles. The number of rotatable bonds is 2. The minimum atomic E-state index is -4.40. The fourth-order valence-corrected chi connectivity index (χ4v) is 1.83. The first-order valence-electron chi connectivity index (χ1n) is 5.51. The number of alkyl halides is 3. The van der Waals surface area contributed by atoms with Gasteiger partial charge in [0.25, 0.3) is 0 Å². The summed E-state index contributed by atoms with van der Waals surface area (Å²) in [6.07, 6.45) is -2.94. The van der Waals surface area contributed by atoms with Gasteiger partial charge in [-0.25, -0.2) is 0 Å². The van der Waals surface area contributed by atoms with Gasteiger partial charge in [0.15, 0.2) is 0 Å². The number of benzene rings is 1. The lowest BCUT2D eigenvalue weighted by atomic mass is 10.00. The molecule has 0 unspecified atom stereocenters. The number of hydrogen-bond acceptors (Lipinski definition) is 2. The molecule has 3 nitrogen and oxygen atoms in total. The molecule has 0 fully saturated rings. The molecule has 19 heavy (non-hydrogen) atoms. The topological polar surface area (TPSA) is 34.9 Å². The Kier molecular flexibility index (Phi) is 3.18. The second-order valence-electron chi connectivity index (χ2n) is 4.20. The van der Waals surface area contributed by atoms with Gasteiger partial charge in [-0.3, -0.25) is 9.48 Å². The maximum atomic E-state index is 12.5. The molecule has 6 heteroatoms. The van der Waals surface area contributed by atoms with E-state index in [4.69, 9.17) is 0 Å². The van der Waals surface area contributed by atoms with E-state index in [0.717, 1.165) is 12.1 Å². The summed E-state index contributed by atoms with van der Waals surface area (Å²) in [4.78, 5) is 12.2. The van der Waals surface area contributed by atoms with Gasteiger partial charge >= 0.3 is 6.18 Å². The Morgan fingerprint density at radius 2 is 1.95 bits per heavy atom. The van der Waals surface area contributed by atoms with Crippen LogP contribution in [0.25, 0.3) is 0 Å². The summed E-state index contributed by atoms with van der Waals surface area (Å²) in [5.74, 6) is -0.341. The summed E-state index contributed by atoms with van der Waals surface area (Å²) in [6, 6.07) is 4.62. The monoisotopic (exact) mass is 268 g/mol. The van der Waals surface area contributed by atoms with Crippen molar-refractivity contribution >= 4 is 5.78 Å². The molecule has 2 aromatic rings. The Labute approximate surface area is 107 Å². The molecule has 0 spiro atoms. The molecule has 0 aliphatic carbocycles. The lowest BCUT2D eigenvalue weighted by molar-refractivity contribution is -0.137. The van der Waals surface area contributed by atoms with Crippen LogP contribution in [0.15, 0.2) is 30.5 Å². The van der Waals surface area contributed by atoms with Crippen LogP contribution in [0.5, 0.6) is 0 Å². The van der Waals surface area contributed by atoms with Crippen molar-refractivity contribution in [3.05, 3.63) is 52.8 Å². The number of carbonyl (C=O) groups excluding carboxylic acids is 1. The van der Waals surface area contributed by atoms with Crippen LogP contribution >= 0.6 is 0 Å². The molecule has 100 valence electrons. The largest absolute Gasteiger partial charge is 0.416 e. The van der Waals surface area contributed by atoms with Crippen LogP contribution < -0.4 is 0 Å². The molecule has 0 saturated carbocycles. The van der Waals surface area contributed by atoms with Gasteiger partial charge < -0.3 is 0 Å². The molecule has 0 bridgehead atoms. The van der Waals surface area contributed by atoms with E-state index >= 15 is 0 Å². The van der Waals surface area contributed by atoms with Crippen LogP contribution in [0, 0.1) is 6.92 Å². The number of halogens is 3. The van der Waals surface area contributed by atoms with Crippen LogP contribution in [0.1, 0.15) is 27.2 Å². The summed E-state index contributed by atoms with van der Waals surface area (Å²) in [6.45, 7) is 1.48. The molecule has 1 aromatic carbocycles. The third kappa shape index (κ3) is 2.52. The molecule has 1 aromatic heterocycles. The predicted molar refractivity (Wildman–Crippen MR) is 62.8 cm³/mol. The lowest BCUT2D eigenvalue weighted by Crippen LogP contribution is -2.11. The minimum absolute atomic E-state index is 0.247. The normalized spacial score (nSPS) is 11.6. The van der Waals surface area contributed by atoms with Crippen molar-refractivity contribution in [1.29, 1.82) is 0 Å². The molecular formula is C13H11F3N2O. The Morgan fingerprint density at radius 3 is 2.42 bits per heavy atom. The average molecular weight is 268 g/mol. The SMILES string of the molecule is Cc1cc(C(F)(F)F)ccc1C(=O)c1ccnn1C. The molecule has 0 N–H and O–H groups in total. The van der Waals surface area contributed by atoms with Crippen LogP contribution in [-0.4, -0.2) is 15.6 Å². The third-order valence-electron chi connectivity index (χ3n) is 2.85. The lowest BCUT2D eigenvalue weighted by Gasteiger charge is -2.10. The van der Waals surface area contributed by atoms with Crippen LogP contribution in [-0.2, 0) is 13.2 Å². The van der Waals surface area contributed by atoms with Crippen molar-refractivity contribution in [2.75, 3.05) is 0 Å². The zero-order chi connectivity index (χ0) is 14.2. The predicted octanol–water partition coefficient (Wildman–Crippen LogP) is 2.98. The van der Waals surface area contributed by atoms with E-state index in [9.17, 15) is 18.0 Å². The molecule has 0 atom stereocenters. The summed E-state index contributed by atoms with van der Waals surface area (Å²) in [5.41, 5.74) is 0.118. The van der Waals surface area contributed by atoms with E-state index in [0.29, 0.717) is 11.3 Å². The number of aromatic nitrogens is 2. The molecule has 0 amide bonds. The Balaban J connectivity index is 2.43. The fraction of sp³-hybridized carbons (Fsp3) is 0.231. The number of ketones is 1. The first-order chi connectivity index (χ1) is 8.80. The summed E-state index contributed by atoms with van der Waals surface area (Å²) in [7, 11) is 1.60. The van der Waals surface area contributed by atoms with E-state index in [1.54, 1.807) is 7.05 Å². The molecule has 2 rings (SSSR count). The zero-order valence-electron chi connectivity index (χ0n) is 10.3. The van der Waals surface area contributed by atoms with Crippen molar-refractivity contribution in [3.8, 4) is 0 Å². The van der Waals surface area contributed by atoms with Crippen molar-refractivity contribution in [2.45, 2.75) is 13.1 Å². The highest BCUT2D eigenvalue weighted by Crippen LogP contribution is 2.30. The second-order valence-corrected chi connectivity index (χ2v) is 4.20. The van der Waals surface area contributed by atoms with E-state index in [1.165, 1.54) is 29.9 Å². The summed E-state index contributed by atoms with van der Waals surface area (Å²) < 4.78 is 39.0. The number of nitrogens with zero attached hydrogens (tertiary/aromatic N) is 2. The van der Waals surface area contributed by atoms with Gasteiger partial charge in [0.1, 0.15) is 5.69 Å². The minimum Gasteiger partial charge on any atom is -0.287 e. The maximum Gasteiger partial charge on any atom is 0.416 e. The van der Waals surface area contributed by atoms with Crippen molar-refractivity contribution < 1.29 is 18.0 Å².